The van der Waals surface area contributed by atoms with E-state index in [1.807, 2.05) is 56.7 Å². The quantitative estimate of drug-likeness (QED) is 0.680. The second-order valence-electron chi connectivity index (χ2n) is 6.37. The number of nitrogens with zero attached hydrogens (tertiary/aromatic N) is 4. The Kier molecular flexibility index (Phi) is 5.76. The molecule has 26 heavy (non-hydrogen) atoms. The Balaban J connectivity index is 1.90. The van der Waals surface area contributed by atoms with E-state index in [0.29, 0.717) is 5.95 Å². The molecule has 3 rings (SSSR count). The van der Waals surface area contributed by atoms with Crippen LogP contribution in [-0.2, 0) is 0 Å². The molecule has 134 valence electrons. The van der Waals surface area contributed by atoms with Crippen LogP contribution in [0.1, 0.15) is 5.56 Å². The predicted molar refractivity (Wildman–Crippen MR) is 107 cm³/mol. The first kappa shape index (κ1) is 17.8. The maximum absolute atomic E-state index is 4.64. The smallest absolute Gasteiger partial charge is 0.225 e. The Labute approximate surface area is 154 Å². The van der Waals surface area contributed by atoms with E-state index < -0.39 is 0 Å². The first-order chi connectivity index (χ1) is 12.6. The van der Waals surface area contributed by atoms with Crippen molar-refractivity contribution in [3.8, 4) is 11.3 Å². The first-order valence-electron chi connectivity index (χ1n) is 8.62. The van der Waals surface area contributed by atoms with E-state index in [2.05, 4.69) is 43.5 Å². The maximum Gasteiger partial charge on any atom is 0.225 e. The second-order valence-corrected chi connectivity index (χ2v) is 6.37. The number of likely N-dealkylation sites (N-methyl/N-ethyl adjacent to an activating group) is 1. The third-order valence-electron chi connectivity index (χ3n) is 3.93. The van der Waals surface area contributed by atoms with E-state index in [9.17, 15) is 0 Å². The lowest BCUT2D eigenvalue weighted by atomic mass is 10.2. The summed E-state index contributed by atoms with van der Waals surface area (Å²) in [7, 11) is 4.08. The number of hydrogen-bond acceptors (Lipinski definition) is 6. The van der Waals surface area contributed by atoms with Gasteiger partial charge in [0.05, 0.1) is 5.69 Å². The van der Waals surface area contributed by atoms with Crippen LogP contribution >= 0.6 is 0 Å². The fourth-order valence-electron chi connectivity index (χ4n) is 2.49. The minimum absolute atomic E-state index is 0.601. The van der Waals surface area contributed by atoms with Gasteiger partial charge in [-0.1, -0.05) is 18.2 Å². The molecule has 0 aliphatic carbocycles. The van der Waals surface area contributed by atoms with Gasteiger partial charge in [0.15, 0.2) is 0 Å². The van der Waals surface area contributed by atoms with Gasteiger partial charge in [-0.15, -0.1) is 0 Å². The van der Waals surface area contributed by atoms with Gasteiger partial charge in [0.2, 0.25) is 5.95 Å². The van der Waals surface area contributed by atoms with Crippen molar-refractivity contribution in [1.29, 1.82) is 0 Å². The highest BCUT2D eigenvalue weighted by molar-refractivity contribution is 5.68. The van der Waals surface area contributed by atoms with Crippen LogP contribution < -0.4 is 10.6 Å². The molecule has 6 nitrogen and oxygen atoms in total. The molecule has 6 heteroatoms. The molecule has 2 aromatic heterocycles. The number of nitrogens with one attached hydrogen (secondary N) is 2. The zero-order valence-electron chi connectivity index (χ0n) is 15.4. The summed E-state index contributed by atoms with van der Waals surface area (Å²) in [5.74, 6) is 1.35. The molecule has 0 amide bonds. The number of benzene rings is 1. The van der Waals surface area contributed by atoms with Gasteiger partial charge in [-0.25, -0.2) is 4.98 Å². The molecule has 0 bridgehead atoms. The predicted octanol–water partition coefficient (Wildman–Crippen LogP) is 3.56. The monoisotopic (exact) mass is 348 g/mol. The van der Waals surface area contributed by atoms with Crippen LogP contribution in [0.3, 0.4) is 0 Å². The third-order valence-corrected chi connectivity index (χ3v) is 3.93. The van der Waals surface area contributed by atoms with E-state index in [-0.39, 0.29) is 0 Å². The highest BCUT2D eigenvalue weighted by Crippen LogP contribution is 2.24. The van der Waals surface area contributed by atoms with E-state index in [0.717, 1.165) is 41.4 Å². The van der Waals surface area contributed by atoms with Gasteiger partial charge < -0.3 is 15.5 Å². The van der Waals surface area contributed by atoms with E-state index in [4.69, 9.17) is 0 Å². The average molecular weight is 348 g/mol. The van der Waals surface area contributed by atoms with E-state index in [1.165, 1.54) is 0 Å². The van der Waals surface area contributed by atoms with Gasteiger partial charge in [0, 0.05) is 42.8 Å². The SMILES string of the molecule is Cc1ccccc1Nc1cc(-c2cccnc2)nc(NCCN(C)C)n1. The van der Waals surface area contributed by atoms with Gasteiger partial charge in [-0.2, -0.15) is 4.98 Å². The molecular weight excluding hydrogens is 324 g/mol. The Morgan fingerprint density at radius 2 is 1.88 bits per heavy atom. The summed E-state index contributed by atoms with van der Waals surface area (Å²) in [6, 6.07) is 14.0. The highest BCUT2D eigenvalue weighted by atomic mass is 15.2. The summed E-state index contributed by atoms with van der Waals surface area (Å²) in [4.78, 5) is 15.6. The van der Waals surface area contributed by atoms with Crippen molar-refractivity contribution in [2.24, 2.45) is 0 Å². The maximum atomic E-state index is 4.64. The number of pyridine rings is 1. The normalized spacial score (nSPS) is 10.8. The highest BCUT2D eigenvalue weighted by Gasteiger charge is 2.08. The van der Waals surface area contributed by atoms with E-state index >= 15 is 0 Å². The molecule has 0 saturated heterocycles. The van der Waals surface area contributed by atoms with Gasteiger partial charge in [0.25, 0.3) is 0 Å². The number of aromatic nitrogens is 3. The summed E-state index contributed by atoms with van der Waals surface area (Å²) < 4.78 is 0. The van der Waals surface area contributed by atoms with Crippen molar-refractivity contribution in [2.45, 2.75) is 6.92 Å². The Morgan fingerprint density at radius 3 is 2.62 bits per heavy atom. The lowest BCUT2D eigenvalue weighted by molar-refractivity contribution is 0.425. The number of anilines is 3. The summed E-state index contributed by atoms with van der Waals surface area (Å²) in [6.45, 7) is 3.75. The van der Waals surface area contributed by atoms with Gasteiger partial charge in [-0.05, 0) is 44.8 Å². The van der Waals surface area contributed by atoms with Crippen LogP contribution in [-0.4, -0.2) is 47.0 Å². The number of para-hydroxylation sites is 1. The molecule has 0 atom stereocenters. The number of aryl methyl sites for hydroxylation is 1. The molecular formula is C20H24N6. The summed E-state index contributed by atoms with van der Waals surface area (Å²) >= 11 is 0. The largest absolute Gasteiger partial charge is 0.353 e. The van der Waals surface area contributed by atoms with Crippen molar-refractivity contribution < 1.29 is 0 Å². The van der Waals surface area contributed by atoms with Crippen molar-refractivity contribution in [1.82, 2.24) is 19.9 Å². The molecule has 0 unspecified atom stereocenters. The molecule has 0 fully saturated rings. The van der Waals surface area contributed by atoms with Crippen LogP contribution in [0.25, 0.3) is 11.3 Å². The Hall–Kier alpha value is -2.99. The standard InChI is InChI=1S/C20H24N6/c1-15-7-4-5-9-17(15)23-19-13-18(16-8-6-10-21-14-16)24-20(25-19)22-11-12-26(2)3/h4-10,13-14H,11-12H2,1-3H3,(H2,22,23,24,25). The zero-order valence-corrected chi connectivity index (χ0v) is 15.4. The van der Waals surface area contributed by atoms with Gasteiger partial charge in [0.1, 0.15) is 5.82 Å². The van der Waals surface area contributed by atoms with Crippen LogP contribution in [0, 0.1) is 6.92 Å². The minimum atomic E-state index is 0.601. The average Bonchev–Trinajstić information content (AvgIpc) is 2.64. The molecule has 2 heterocycles. The molecule has 0 saturated carbocycles. The fraction of sp³-hybridized carbons (Fsp3) is 0.250. The lowest BCUT2D eigenvalue weighted by Crippen LogP contribution is -2.21. The second kappa shape index (κ2) is 8.40. The fourth-order valence-corrected chi connectivity index (χ4v) is 2.49. The van der Waals surface area contributed by atoms with Crippen molar-refractivity contribution >= 4 is 17.5 Å². The van der Waals surface area contributed by atoms with Crippen molar-refractivity contribution in [2.75, 3.05) is 37.8 Å². The Morgan fingerprint density at radius 1 is 1.04 bits per heavy atom. The van der Waals surface area contributed by atoms with Crippen molar-refractivity contribution in [3.05, 3.63) is 60.4 Å². The first-order valence-corrected chi connectivity index (χ1v) is 8.62. The van der Waals surface area contributed by atoms with Gasteiger partial charge >= 0.3 is 0 Å². The summed E-state index contributed by atoms with van der Waals surface area (Å²) in [5.41, 5.74) is 3.98. The molecule has 0 spiro atoms. The lowest BCUT2D eigenvalue weighted by Gasteiger charge is -2.14. The minimum Gasteiger partial charge on any atom is -0.353 e. The van der Waals surface area contributed by atoms with E-state index in [1.54, 1.807) is 6.20 Å². The van der Waals surface area contributed by atoms with Crippen LogP contribution in [0.2, 0.25) is 0 Å². The third kappa shape index (κ3) is 4.77. The van der Waals surface area contributed by atoms with Crippen LogP contribution in [0.15, 0.2) is 54.9 Å². The Bertz CT molecular complexity index is 848. The topological polar surface area (TPSA) is 66.0 Å². The van der Waals surface area contributed by atoms with Crippen molar-refractivity contribution in [3.63, 3.8) is 0 Å². The summed E-state index contributed by atoms with van der Waals surface area (Å²) in [5, 5.41) is 6.70. The number of rotatable bonds is 7. The molecule has 2 N–H and O–H groups in total. The molecule has 1 aromatic carbocycles. The van der Waals surface area contributed by atoms with Crippen LogP contribution in [0.5, 0.6) is 0 Å². The molecule has 0 aliphatic heterocycles. The summed E-state index contributed by atoms with van der Waals surface area (Å²) in [6.07, 6.45) is 3.57. The van der Waals surface area contributed by atoms with Crippen LogP contribution in [0.4, 0.5) is 17.5 Å². The molecule has 0 aliphatic rings. The molecule has 3 aromatic rings. The van der Waals surface area contributed by atoms with Gasteiger partial charge in [-0.3, -0.25) is 4.98 Å². The zero-order chi connectivity index (χ0) is 18.4. The molecule has 0 radical (unpaired) electrons. The number of hydrogen-bond donors (Lipinski definition) is 2.